The van der Waals surface area contributed by atoms with Gasteiger partial charge in [0.15, 0.2) is 0 Å². The Morgan fingerprint density at radius 2 is 2.20 bits per heavy atom. The summed E-state index contributed by atoms with van der Waals surface area (Å²) in [6.07, 6.45) is 2.35. The third kappa shape index (κ3) is 6.83. The molecule has 1 amide bonds. The first kappa shape index (κ1) is 16.9. The molecule has 116 valence electrons. The molecule has 0 aromatic rings. The Bertz CT molecular complexity index is 303. The van der Waals surface area contributed by atoms with Gasteiger partial charge in [-0.15, -0.1) is 0 Å². The minimum absolute atomic E-state index is 0.133. The molecule has 1 N–H and O–H groups in total. The van der Waals surface area contributed by atoms with Crippen LogP contribution in [0.2, 0.25) is 0 Å². The lowest BCUT2D eigenvalue weighted by atomic mass is 10.2. The molecule has 0 aliphatic carbocycles. The van der Waals surface area contributed by atoms with Crippen molar-refractivity contribution in [3.05, 3.63) is 0 Å². The fourth-order valence-electron chi connectivity index (χ4n) is 1.96. The summed E-state index contributed by atoms with van der Waals surface area (Å²) in [5.41, 5.74) is 0. The molecule has 0 aromatic carbocycles. The number of nitrogens with zero attached hydrogens (tertiary/aromatic N) is 1. The predicted molar refractivity (Wildman–Crippen MR) is 70.5 cm³/mol. The van der Waals surface area contributed by atoms with Crippen LogP contribution in [0, 0.1) is 0 Å². The van der Waals surface area contributed by atoms with Crippen LogP contribution in [0.4, 0.5) is 0 Å². The standard InChI is InChI=1S/C13H23NO6/c1-18-8-5-14(9-13(16)17)12(15)4-7-19-10-11-3-2-6-20-11/h11H,2-10H2,1H3,(H,16,17). The SMILES string of the molecule is COCCN(CC(=O)O)C(=O)CCOCC1CCCO1. The van der Waals surface area contributed by atoms with E-state index in [9.17, 15) is 9.59 Å². The summed E-state index contributed by atoms with van der Waals surface area (Å²) in [6.45, 7) is 1.82. The zero-order valence-electron chi connectivity index (χ0n) is 11.9. The highest BCUT2D eigenvalue weighted by Crippen LogP contribution is 2.12. The highest BCUT2D eigenvalue weighted by molar-refractivity contribution is 5.81. The van der Waals surface area contributed by atoms with Gasteiger partial charge in [0.1, 0.15) is 6.54 Å². The number of carboxylic acids is 1. The van der Waals surface area contributed by atoms with E-state index in [1.807, 2.05) is 0 Å². The summed E-state index contributed by atoms with van der Waals surface area (Å²) in [5.74, 6) is -1.27. The van der Waals surface area contributed by atoms with Gasteiger partial charge >= 0.3 is 5.97 Å². The van der Waals surface area contributed by atoms with Gasteiger partial charge in [0.05, 0.1) is 32.3 Å². The molecule has 1 aliphatic heterocycles. The van der Waals surface area contributed by atoms with Gasteiger partial charge in [0.2, 0.25) is 5.91 Å². The zero-order valence-corrected chi connectivity index (χ0v) is 11.9. The van der Waals surface area contributed by atoms with Crippen LogP contribution >= 0.6 is 0 Å². The first-order valence-corrected chi connectivity index (χ1v) is 6.81. The van der Waals surface area contributed by atoms with Crippen molar-refractivity contribution in [2.75, 3.05) is 46.6 Å². The van der Waals surface area contributed by atoms with Gasteiger partial charge in [-0.05, 0) is 12.8 Å². The van der Waals surface area contributed by atoms with Gasteiger partial charge in [0, 0.05) is 20.3 Å². The molecule has 1 fully saturated rings. The van der Waals surface area contributed by atoms with Gasteiger partial charge in [-0.1, -0.05) is 0 Å². The van der Waals surface area contributed by atoms with Crippen LogP contribution in [0.15, 0.2) is 0 Å². The Labute approximate surface area is 118 Å². The largest absolute Gasteiger partial charge is 0.480 e. The summed E-state index contributed by atoms with van der Waals surface area (Å²) < 4.78 is 15.7. The van der Waals surface area contributed by atoms with Crippen molar-refractivity contribution in [2.24, 2.45) is 0 Å². The number of ether oxygens (including phenoxy) is 3. The molecule has 0 spiro atoms. The molecule has 0 radical (unpaired) electrons. The van der Waals surface area contributed by atoms with Crippen LogP contribution in [0.25, 0.3) is 0 Å². The van der Waals surface area contributed by atoms with Crippen molar-refractivity contribution in [1.29, 1.82) is 0 Å². The monoisotopic (exact) mass is 289 g/mol. The quantitative estimate of drug-likeness (QED) is 0.575. The number of hydrogen-bond donors (Lipinski definition) is 1. The molecule has 1 aliphatic rings. The molecular formula is C13H23NO6. The van der Waals surface area contributed by atoms with E-state index in [1.54, 1.807) is 0 Å². The molecule has 1 heterocycles. The average molecular weight is 289 g/mol. The summed E-state index contributed by atoms with van der Waals surface area (Å²) in [7, 11) is 1.51. The zero-order chi connectivity index (χ0) is 14.8. The lowest BCUT2D eigenvalue weighted by Crippen LogP contribution is -2.38. The van der Waals surface area contributed by atoms with Crippen LogP contribution < -0.4 is 0 Å². The number of rotatable bonds is 10. The minimum atomic E-state index is -1.03. The maximum absolute atomic E-state index is 11.9. The Morgan fingerprint density at radius 3 is 2.80 bits per heavy atom. The van der Waals surface area contributed by atoms with Crippen molar-refractivity contribution in [3.63, 3.8) is 0 Å². The molecule has 0 saturated carbocycles. The van der Waals surface area contributed by atoms with E-state index < -0.39 is 5.97 Å². The van der Waals surface area contributed by atoms with Gasteiger partial charge < -0.3 is 24.2 Å². The summed E-state index contributed by atoms with van der Waals surface area (Å²) in [6, 6.07) is 0. The van der Waals surface area contributed by atoms with E-state index in [0.717, 1.165) is 19.4 Å². The smallest absolute Gasteiger partial charge is 0.323 e. The number of carbonyl (C=O) groups excluding carboxylic acids is 1. The van der Waals surface area contributed by atoms with Crippen LogP contribution in [-0.4, -0.2) is 74.6 Å². The molecule has 7 nitrogen and oxygen atoms in total. The number of aliphatic carboxylic acids is 1. The third-order valence-corrected chi connectivity index (χ3v) is 3.03. The Hall–Kier alpha value is -1.18. The molecule has 1 atom stereocenters. The molecule has 1 unspecified atom stereocenters. The van der Waals surface area contributed by atoms with Gasteiger partial charge in [0.25, 0.3) is 0 Å². The second-order valence-electron chi connectivity index (χ2n) is 4.66. The second kappa shape index (κ2) is 9.68. The molecule has 1 rings (SSSR count). The van der Waals surface area contributed by atoms with E-state index in [4.69, 9.17) is 19.3 Å². The number of carbonyl (C=O) groups is 2. The fourth-order valence-corrected chi connectivity index (χ4v) is 1.96. The Kier molecular flexibility index (Phi) is 8.17. The van der Waals surface area contributed by atoms with Gasteiger partial charge in [-0.3, -0.25) is 9.59 Å². The lowest BCUT2D eigenvalue weighted by molar-refractivity contribution is -0.145. The topological polar surface area (TPSA) is 85.3 Å². The number of hydrogen-bond acceptors (Lipinski definition) is 5. The molecule has 1 saturated heterocycles. The van der Waals surface area contributed by atoms with E-state index in [2.05, 4.69) is 0 Å². The van der Waals surface area contributed by atoms with E-state index >= 15 is 0 Å². The van der Waals surface area contributed by atoms with Gasteiger partial charge in [-0.25, -0.2) is 0 Å². The minimum Gasteiger partial charge on any atom is -0.480 e. The van der Waals surface area contributed by atoms with E-state index in [-0.39, 0.29) is 38.1 Å². The first-order valence-electron chi connectivity index (χ1n) is 6.81. The van der Waals surface area contributed by atoms with Crippen molar-refractivity contribution in [3.8, 4) is 0 Å². The fraction of sp³-hybridized carbons (Fsp3) is 0.846. The van der Waals surface area contributed by atoms with Crippen molar-refractivity contribution in [1.82, 2.24) is 4.90 Å². The highest BCUT2D eigenvalue weighted by Gasteiger charge is 2.18. The Morgan fingerprint density at radius 1 is 1.40 bits per heavy atom. The summed E-state index contributed by atoms with van der Waals surface area (Å²) in [4.78, 5) is 23.8. The van der Waals surface area contributed by atoms with Gasteiger partial charge in [-0.2, -0.15) is 0 Å². The summed E-state index contributed by atoms with van der Waals surface area (Å²) >= 11 is 0. The van der Waals surface area contributed by atoms with Crippen LogP contribution in [0.3, 0.4) is 0 Å². The van der Waals surface area contributed by atoms with Crippen molar-refractivity contribution < 1.29 is 28.9 Å². The molecule has 7 heteroatoms. The molecule has 0 bridgehead atoms. The molecular weight excluding hydrogens is 266 g/mol. The number of carboxylic acid groups (broad SMARTS) is 1. The number of methoxy groups -OCH3 is 1. The lowest BCUT2D eigenvalue weighted by Gasteiger charge is -2.20. The van der Waals surface area contributed by atoms with Crippen molar-refractivity contribution >= 4 is 11.9 Å². The van der Waals surface area contributed by atoms with Crippen LogP contribution in [-0.2, 0) is 23.8 Å². The number of amides is 1. The van der Waals surface area contributed by atoms with E-state index in [0.29, 0.717) is 13.2 Å². The maximum atomic E-state index is 11.9. The Balaban J connectivity index is 2.20. The predicted octanol–water partition coefficient (Wildman–Crippen LogP) is 0.132. The third-order valence-electron chi connectivity index (χ3n) is 3.03. The summed E-state index contributed by atoms with van der Waals surface area (Å²) in [5, 5.41) is 8.76. The van der Waals surface area contributed by atoms with Crippen LogP contribution in [0.1, 0.15) is 19.3 Å². The highest BCUT2D eigenvalue weighted by atomic mass is 16.5. The molecule has 0 aromatic heterocycles. The normalized spacial score (nSPS) is 18.1. The first-order chi connectivity index (χ1) is 9.63. The second-order valence-corrected chi connectivity index (χ2v) is 4.66. The van der Waals surface area contributed by atoms with E-state index in [1.165, 1.54) is 12.0 Å². The van der Waals surface area contributed by atoms with Crippen LogP contribution in [0.5, 0.6) is 0 Å². The maximum Gasteiger partial charge on any atom is 0.323 e. The van der Waals surface area contributed by atoms with Crippen molar-refractivity contribution in [2.45, 2.75) is 25.4 Å². The average Bonchev–Trinajstić information content (AvgIpc) is 2.92. The molecule has 20 heavy (non-hydrogen) atoms.